The van der Waals surface area contributed by atoms with Crippen molar-refractivity contribution >= 4 is 46.8 Å². The number of amides is 1. The van der Waals surface area contributed by atoms with E-state index in [-0.39, 0.29) is 29.8 Å². The second-order valence-corrected chi connectivity index (χ2v) is 9.57. The van der Waals surface area contributed by atoms with Gasteiger partial charge in [-0.15, -0.1) is 11.3 Å². The maximum absolute atomic E-state index is 13.0. The van der Waals surface area contributed by atoms with E-state index >= 15 is 0 Å². The highest BCUT2D eigenvalue weighted by molar-refractivity contribution is 7.07. The molecule has 0 aliphatic heterocycles. The second kappa shape index (κ2) is 10.2. The number of ether oxygens (including phenoxy) is 1. The average molecular weight is 451 g/mol. The van der Waals surface area contributed by atoms with Crippen LogP contribution >= 0.6 is 22.9 Å². The Kier molecular flexibility index (Phi) is 8.18. The third-order valence-electron chi connectivity index (χ3n) is 4.22. The van der Waals surface area contributed by atoms with Crippen molar-refractivity contribution in [2.24, 2.45) is 5.41 Å². The molecule has 1 aromatic heterocycles. The molecule has 2 aromatic rings. The summed E-state index contributed by atoms with van der Waals surface area (Å²) in [6.07, 6.45) is 3.17. The van der Waals surface area contributed by atoms with E-state index in [1.807, 2.05) is 27.7 Å². The van der Waals surface area contributed by atoms with E-state index in [1.165, 1.54) is 22.0 Å². The number of carbonyl (C=O) groups is 2. The highest BCUT2D eigenvalue weighted by Crippen LogP contribution is 2.15. The third-order valence-corrected chi connectivity index (χ3v) is 5.54. The predicted octanol–water partition coefficient (Wildman–Crippen LogP) is 1.94. The van der Waals surface area contributed by atoms with E-state index in [2.05, 4.69) is 5.32 Å². The molecule has 0 aliphatic rings. The fourth-order valence-corrected chi connectivity index (χ4v) is 3.76. The maximum atomic E-state index is 13.0. The van der Waals surface area contributed by atoms with Crippen LogP contribution in [0.15, 0.2) is 29.1 Å². The summed E-state index contributed by atoms with van der Waals surface area (Å²) >= 11 is 7.11. The number of thiazole rings is 1. The Morgan fingerprint density at radius 3 is 2.47 bits per heavy atom. The van der Waals surface area contributed by atoms with Crippen molar-refractivity contribution in [3.8, 4) is 0 Å². The number of benzene rings is 1. The summed E-state index contributed by atoms with van der Waals surface area (Å²) in [5.41, 5.74) is -0.116. The molecular formula is C22H27ClN2O4S. The molecular weight excluding hydrogens is 424 g/mol. The molecule has 30 heavy (non-hydrogen) atoms. The van der Waals surface area contributed by atoms with Crippen molar-refractivity contribution in [3.05, 3.63) is 54.4 Å². The number of nitrogens with zero attached hydrogens (tertiary/aromatic N) is 1. The second-order valence-electron chi connectivity index (χ2n) is 8.07. The zero-order chi connectivity index (χ0) is 22.5. The van der Waals surface area contributed by atoms with Gasteiger partial charge in [0, 0.05) is 29.7 Å². The number of methoxy groups -OCH3 is 1. The molecule has 0 saturated heterocycles. The van der Waals surface area contributed by atoms with Gasteiger partial charge in [-0.05, 0) is 30.7 Å². The lowest BCUT2D eigenvalue weighted by Crippen LogP contribution is -2.42. The summed E-state index contributed by atoms with van der Waals surface area (Å²) < 4.78 is 7.24. The van der Waals surface area contributed by atoms with Crippen LogP contribution in [-0.4, -0.2) is 36.0 Å². The molecule has 1 heterocycles. The highest BCUT2D eigenvalue weighted by Gasteiger charge is 2.20. The lowest BCUT2D eigenvalue weighted by Gasteiger charge is -2.14. The molecule has 1 atom stereocenters. The lowest BCUT2D eigenvalue weighted by atomic mass is 9.91. The summed E-state index contributed by atoms with van der Waals surface area (Å²) in [7, 11) is 1.55. The van der Waals surface area contributed by atoms with Crippen molar-refractivity contribution in [2.75, 3.05) is 13.7 Å². The van der Waals surface area contributed by atoms with Crippen molar-refractivity contribution < 1.29 is 14.3 Å². The van der Waals surface area contributed by atoms with Gasteiger partial charge in [-0.2, -0.15) is 0 Å². The van der Waals surface area contributed by atoms with Gasteiger partial charge in [-0.25, -0.2) is 0 Å². The van der Waals surface area contributed by atoms with Gasteiger partial charge >= 0.3 is 0 Å². The van der Waals surface area contributed by atoms with E-state index in [1.54, 1.807) is 37.5 Å². The molecule has 0 bridgehead atoms. The first-order chi connectivity index (χ1) is 14.0. The quantitative estimate of drug-likeness (QED) is 0.699. The summed E-state index contributed by atoms with van der Waals surface area (Å²) in [6.45, 7) is 7.42. The normalized spacial score (nSPS) is 14.1. The van der Waals surface area contributed by atoms with Crippen molar-refractivity contribution in [1.82, 2.24) is 9.88 Å². The molecule has 1 aromatic carbocycles. The minimum atomic E-state index is -0.597. The minimum absolute atomic E-state index is 0.122. The van der Waals surface area contributed by atoms with E-state index in [9.17, 15) is 14.4 Å². The molecule has 0 spiro atoms. The Morgan fingerprint density at radius 2 is 1.90 bits per heavy atom. The van der Waals surface area contributed by atoms with Gasteiger partial charge in [-0.1, -0.05) is 44.5 Å². The van der Waals surface area contributed by atoms with Gasteiger partial charge in [0.05, 0.1) is 11.1 Å². The van der Waals surface area contributed by atoms with Crippen molar-refractivity contribution in [1.29, 1.82) is 0 Å². The number of rotatable bonds is 7. The van der Waals surface area contributed by atoms with Gasteiger partial charge in [0.25, 0.3) is 5.56 Å². The number of hydrogen-bond acceptors (Lipinski definition) is 5. The van der Waals surface area contributed by atoms with Crippen LogP contribution < -0.4 is 20.1 Å². The zero-order valence-corrected chi connectivity index (χ0v) is 19.4. The molecule has 0 aliphatic carbocycles. The Labute approximate surface area is 184 Å². The van der Waals surface area contributed by atoms with E-state index in [0.29, 0.717) is 20.8 Å². The van der Waals surface area contributed by atoms with Crippen molar-refractivity contribution in [2.45, 2.75) is 40.3 Å². The Morgan fingerprint density at radius 1 is 1.27 bits per heavy atom. The SMILES string of the molecule is COC[C@@H](C)NC(=O)Cn1c(=O)/c(=C/c2ccc(Cl)cc2)s/c1=C/C(=O)C(C)(C)C. The largest absolute Gasteiger partial charge is 0.383 e. The van der Waals surface area contributed by atoms with Crippen LogP contribution in [-0.2, 0) is 20.9 Å². The number of nitrogens with one attached hydrogen (secondary N) is 1. The smallest absolute Gasteiger partial charge is 0.269 e. The number of carbonyl (C=O) groups excluding carboxylic acids is 2. The van der Waals surface area contributed by atoms with Gasteiger partial charge in [0.1, 0.15) is 11.2 Å². The predicted molar refractivity (Wildman–Crippen MR) is 121 cm³/mol. The molecule has 0 unspecified atom stereocenters. The molecule has 0 radical (unpaired) electrons. The fourth-order valence-electron chi connectivity index (χ4n) is 2.59. The Bertz CT molecular complexity index is 1080. The first-order valence-corrected chi connectivity index (χ1v) is 10.7. The number of halogens is 1. The monoisotopic (exact) mass is 450 g/mol. The molecule has 8 heteroatoms. The minimum Gasteiger partial charge on any atom is -0.383 e. The standard InChI is InChI=1S/C22H27ClN2O4S/c1-14(13-29-5)24-19(27)12-25-20(11-18(26)22(2,3)4)30-17(21(25)28)10-15-6-8-16(23)9-7-15/h6-11,14H,12-13H2,1-5H3,(H,24,27)/b17-10-,20-11+/t14-/m1/s1. The number of Topliss-reactive ketones (excluding diaryl/α,β-unsaturated/α-hetero) is 1. The Balaban J connectivity index is 2.52. The number of hydrogen-bond donors (Lipinski definition) is 1. The van der Waals surface area contributed by atoms with E-state index in [4.69, 9.17) is 16.3 Å². The van der Waals surface area contributed by atoms with Crippen molar-refractivity contribution in [3.63, 3.8) is 0 Å². The zero-order valence-electron chi connectivity index (χ0n) is 17.8. The van der Waals surface area contributed by atoms with Gasteiger partial charge in [0.2, 0.25) is 5.91 Å². The van der Waals surface area contributed by atoms with Gasteiger partial charge < -0.3 is 10.1 Å². The molecule has 1 N–H and O–H groups in total. The first kappa shape index (κ1) is 24.1. The third kappa shape index (κ3) is 6.65. The summed E-state index contributed by atoms with van der Waals surface area (Å²) in [4.78, 5) is 38.0. The maximum Gasteiger partial charge on any atom is 0.269 e. The lowest BCUT2D eigenvalue weighted by molar-refractivity contribution is -0.123. The molecule has 162 valence electrons. The van der Waals surface area contributed by atoms with Crippen LogP contribution in [0, 0.1) is 5.41 Å². The molecule has 0 fully saturated rings. The number of aromatic nitrogens is 1. The van der Waals surface area contributed by atoms with E-state index in [0.717, 1.165) is 5.56 Å². The van der Waals surface area contributed by atoms with Crippen LogP contribution in [0.3, 0.4) is 0 Å². The van der Waals surface area contributed by atoms with Crippen LogP contribution in [0.5, 0.6) is 0 Å². The molecule has 2 rings (SSSR count). The number of ketones is 1. The van der Waals surface area contributed by atoms with Crippen LogP contribution in [0.4, 0.5) is 0 Å². The first-order valence-electron chi connectivity index (χ1n) is 9.52. The average Bonchev–Trinajstić information content (AvgIpc) is 2.91. The Hall–Kier alpha value is -2.22. The highest BCUT2D eigenvalue weighted by atomic mass is 35.5. The van der Waals surface area contributed by atoms with Crippen LogP contribution in [0.2, 0.25) is 5.02 Å². The summed E-state index contributed by atoms with van der Waals surface area (Å²) in [6, 6.07) is 6.88. The molecule has 1 amide bonds. The van der Waals surface area contributed by atoms with Gasteiger partial charge in [-0.3, -0.25) is 19.0 Å². The van der Waals surface area contributed by atoms with Crippen LogP contribution in [0.1, 0.15) is 33.3 Å². The van der Waals surface area contributed by atoms with Crippen LogP contribution in [0.25, 0.3) is 12.2 Å². The molecule has 6 nitrogen and oxygen atoms in total. The van der Waals surface area contributed by atoms with E-state index < -0.39 is 5.41 Å². The summed E-state index contributed by atoms with van der Waals surface area (Å²) in [5, 5.41) is 3.39. The van der Waals surface area contributed by atoms with Gasteiger partial charge in [0.15, 0.2) is 5.78 Å². The fraction of sp³-hybridized carbons (Fsp3) is 0.409. The topological polar surface area (TPSA) is 77.4 Å². The summed E-state index contributed by atoms with van der Waals surface area (Å²) in [5.74, 6) is -0.445. The molecule has 0 saturated carbocycles.